The van der Waals surface area contributed by atoms with Crippen molar-refractivity contribution in [3.8, 4) is 0 Å². The number of amides is 1. The molecule has 0 aromatic heterocycles. The van der Waals surface area contributed by atoms with Gasteiger partial charge in [0.15, 0.2) is 0 Å². The van der Waals surface area contributed by atoms with Gasteiger partial charge in [-0.25, -0.2) is 4.39 Å². The number of nitrogens with one attached hydrogen (secondary N) is 1. The van der Waals surface area contributed by atoms with Gasteiger partial charge in [-0.05, 0) is 37.0 Å². The number of thioether (sulfide) groups is 1. The molecule has 0 saturated heterocycles. The van der Waals surface area contributed by atoms with E-state index in [2.05, 4.69) is 12.2 Å². The summed E-state index contributed by atoms with van der Waals surface area (Å²) >= 11 is 7.09. The molecular weight excluding hydrogens is 297 g/mol. The summed E-state index contributed by atoms with van der Waals surface area (Å²) in [6.45, 7) is 2.19. The lowest BCUT2D eigenvalue weighted by atomic mass is 9.86. The molecular formula is C15H19ClFNOS. The molecule has 0 unspecified atom stereocenters. The van der Waals surface area contributed by atoms with Crippen LogP contribution in [0.2, 0.25) is 5.02 Å². The molecule has 0 aliphatic heterocycles. The van der Waals surface area contributed by atoms with Gasteiger partial charge in [0.1, 0.15) is 5.82 Å². The molecule has 1 aromatic rings. The zero-order chi connectivity index (χ0) is 14.5. The minimum atomic E-state index is -0.434. The normalized spacial score (nSPS) is 22.6. The highest BCUT2D eigenvalue weighted by Gasteiger charge is 2.22. The third kappa shape index (κ3) is 4.38. The Morgan fingerprint density at radius 2 is 2.20 bits per heavy atom. The van der Waals surface area contributed by atoms with Crippen molar-refractivity contribution in [2.75, 3.05) is 5.75 Å². The van der Waals surface area contributed by atoms with Crippen molar-refractivity contribution in [3.63, 3.8) is 0 Å². The van der Waals surface area contributed by atoms with Gasteiger partial charge < -0.3 is 5.32 Å². The monoisotopic (exact) mass is 315 g/mol. The van der Waals surface area contributed by atoms with Crippen LogP contribution in [0.25, 0.3) is 0 Å². The Kier molecular flexibility index (Phi) is 5.73. The number of hydrogen-bond acceptors (Lipinski definition) is 2. The van der Waals surface area contributed by atoms with Gasteiger partial charge in [0.05, 0.1) is 10.8 Å². The van der Waals surface area contributed by atoms with Gasteiger partial charge in [0.2, 0.25) is 5.91 Å². The standard InChI is InChI=1S/C15H19ClFNOS/c1-10-4-2-3-5-14(10)18-15(19)9-20-11-6-7-13(17)12(16)8-11/h6-8,10,14H,2-5,9H2,1H3,(H,18,19)/t10-,14+/m1/s1. The van der Waals surface area contributed by atoms with Crippen LogP contribution in [0.1, 0.15) is 32.6 Å². The van der Waals surface area contributed by atoms with Gasteiger partial charge in [-0.2, -0.15) is 0 Å². The Morgan fingerprint density at radius 3 is 2.90 bits per heavy atom. The van der Waals surface area contributed by atoms with Crippen molar-refractivity contribution in [3.05, 3.63) is 29.0 Å². The molecule has 5 heteroatoms. The highest BCUT2D eigenvalue weighted by Crippen LogP contribution is 2.25. The van der Waals surface area contributed by atoms with Crippen LogP contribution >= 0.6 is 23.4 Å². The molecule has 1 aliphatic carbocycles. The molecule has 2 rings (SSSR count). The van der Waals surface area contributed by atoms with Gasteiger partial charge in [0, 0.05) is 10.9 Å². The molecule has 1 aromatic carbocycles. The van der Waals surface area contributed by atoms with Crippen LogP contribution in [0.3, 0.4) is 0 Å². The highest BCUT2D eigenvalue weighted by atomic mass is 35.5. The predicted molar refractivity (Wildman–Crippen MR) is 81.7 cm³/mol. The minimum Gasteiger partial charge on any atom is -0.352 e. The molecule has 0 radical (unpaired) electrons. The summed E-state index contributed by atoms with van der Waals surface area (Å²) < 4.78 is 13.0. The Morgan fingerprint density at radius 1 is 1.45 bits per heavy atom. The van der Waals surface area contributed by atoms with Gasteiger partial charge in [0.25, 0.3) is 0 Å². The number of carbonyl (C=O) groups excluding carboxylic acids is 1. The Balaban J connectivity index is 1.81. The van der Waals surface area contributed by atoms with Crippen LogP contribution in [-0.2, 0) is 4.79 Å². The Hall–Kier alpha value is -0.740. The summed E-state index contributed by atoms with van der Waals surface area (Å²) in [5, 5.41) is 3.19. The van der Waals surface area contributed by atoms with E-state index in [0.29, 0.717) is 17.7 Å². The largest absolute Gasteiger partial charge is 0.352 e. The predicted octanol–water partition coefficient (Wildman–Crippen LogP) is 4.27. The molecule has 1 amide bonds. The molecule has 110 valence electrons. The number of rotatable bonds is 4. The number of halogens is 2. The summed E-state index contributed by atoms with van der Waals surface area (Å²) in [5.74, 6) is 0.495. The van der Waals surface area contributed by atoms with Crippen LogP contribution in [0, 0.1) is 11.7 Å². The van der Waals surface area contributed by atoms with E-state index in [0.717, 1.165) is 11.3 Å². The zero-order valence-corrected chi connectivity index (χ0v) is 13.1. The van der Waals surface area contributed by atoms with E-state index in [1.807, 2.05) is 0 Å². The summed E-state index contributed by atoms with van der Waals surface area (Å²) in [6.07, 6.45) is 4.71. The molecule has 0 spiro atoms. The summed E-state index contributed by atoms with van der Waals surface area (Å²) in [4.78, 5) is 12.8. The van der Waals surface area contributed by atoms with Crippen LogP contribution < -0.4 is 5.32 Å². The van der Waals surface area contributed by atoms with Crippen molar-refractivity contribution >= 4 is 29.3 Å². The van der Waals surface area contributed by atoms with Crippen LogP contribution in [0.5, 0.6) is 0 Å². The molecule has 0 bridgehead atoms. The van der Waals surface area contributed by atoms with Gasteiger partial charge in [-0.3, -0.25) is 4.79 Å². The first-order valence-electron chi connectivity index (χ1n) is 6.93. The fourth-order valence-corrected chi connectivity index (χ4v) is 3.49. The maximum Gasteiger partial charge on any atom is 0.230 e. The average molecular weight is 316 g/mol. The topological polar surface area (TPSA) is 29.1 Å². The third-order valence-corrected chi connectivity index (χ3v) is 5.00. The van der Waals surface area contributed by atoms with Crippen molar-refractivity contribution in [1.82, 2.24) is 5.32 Å². The first-order chi connectivity index (χ1) is 9.56. The molecule has 1 N–H and O–H groups in total. The Labute approximate surface area is 128 Å². The lowest BCUT2D eigenvalue weighted by molar-refractivity contribution is -0.119. The summed E-state index contributed by atoms with van der Waals surface area (Å²) in [6, 6.07) is 4.82. The lowest BCUT2D eigenvalue weighted by Crippen LogP contribution is -2.41. The summed E-state index contributed by atoms with van der Waals surface area (Å²) in [5.41, 5.74) is 0. The van der Waals surface area contributed by atoms with Crippen molar-refractivity contribution in [2.24, 2.45) is 5.92 Å². The lowest BCUT2D eigenvalue weighted by Gasteiger charge is -2.29. The maximum absolute atomic E-state index is 13.0. The molecule has 0 heterocycles. The number of benzene rings is 1. The van der Waals surface area contributed by atoms with Crippen molar-refractivity contribution < 1.29 is 9.18 Å². The van der Waals surface area contributed by atoms with Crippen molar-refractivity contribution in [1.29, 1.82) is 0 Å². The highest BCUT2D eigenvalue weighted by molar-refractivity contribution is 8.00. The Bertz CT molecular complexity index is 483. The molecule has 1 fully saturated rings. The third-order valence-electron chi connectivity index (χ3n) is 3.72. The quantitative estimate of drug-likeness (QED) is 0.841. The second-order valence-corrected chi connectivity index (χ2v) is 6.76. The van der Waals surface area contributed by atoms with E-state index in [-0.39, 0.29) is 10.9 Å². The minimum absolute atomic E-state index is 0.0363. The first kappa shape index (κ1) is 15.6. The first-order valence-corrected chi connectivity index (χ1v) is 8.30. The van der Waals surface area contributed by atoms with E-state index in [4.69, 9.17) is 11.6 Å². The van der Waals surface area contributed by atoms with E-state index in [1.54, 1.807) is 12.1 Å². The van der Waals surface area contributed by atoms with Crippen LogP contribution in [-0.4, -0.2) is 17.7 Å². The second kappa shape index (κ2) is 7.32. The zero-order valence-electron chi connectivity index (χ0n) is 11.5. The molecule has 20 heavy (non-hydrogen) atoms. The van der Waals surface area contributed by atoms with E-state index in [1.165, 1.54) is 37.1 Å². The van der Waals surface area contributed by atoms with Crippen LogP contribution in [0.4, 0.5) is 4.39 Å². The van der Waals surface area contributed by atoms with Crippen molar-refractivity contribution in [2.45, 2.75) is 43.5 Å². The number of hydrogen-bond donors (Lipinski definition) is 1. The maximum atomic E-state index is 13.0. The fourth-order valence-electron chi connectivity index (χ4n) is 2.49. The van der Waals surface area contributed by atoms with Gasteiger partial charge in [-0.1, -0.05) is 31.4 Å². The van der Waals surface area contributed by atoms with Crippen LogP contribution in [0.15, 0.2) is 23.1 Å². The average Bonchev–Trinajstić information content (AvgIpc) is 2.43. The van der Waals surface area contributed by atoms with E-state index < -0.39 is 5.82 Å². The molecule has 2 nitrogen and oxygen atoms in total. The molecule has 1 saturated carbocycles. The van der Waals surface area contributed by atoms with Gasteiger partial charge in [-0.15, -0.1) is 11.8 Å². The van der Waals surface area contributed by atoms with Gasteiger partial charge >= 0.3 is 0 Å². The molecule has 2 atom stereocenters. The number of carbonyl (C=O) groups is 1. The SMILES string of the molecule is C[C@@H]1CCCC[C@@H]1NC(=O)CSc1ccc(F)c(Cl)c1. The fraction of sp³-hybridized carbons (Fsp3) is 0.533. The second-order valence-electron chi connectivity index (χ2n) is 5.30. The van der Waals surface area contributed by atoms with E-state index in [9.17, 15) is 9.18 Å². The summed E-state index contributed by atoms with van der Waals surface area (Å²) in [7, 11) is 0. The smallest absolute Gasteiger partial charge is 0.230 e. The van der Waals surface area contributed by atoms with E-state index >= 15 is 0 Å². The molecule has 1 aliphatic rings.